The van der Waals surface area contributed by atoms with Crippen molar-refractivity contribution in [3.8, 4) is 0 Å². The van der Waals surface area contributed by atoms with Gasteiger partial charge in [0.1, 0.15) is 0 Å². The lowest BCUT2D eigenvalue weighted by atomic mass is 10.0. The molecule has 0 aromatic heterocycles. The molecule has 0 saturated carbocycles. The summed E-state index contributed by atoms with van der Waals surface area (Å²) in [5.41, 5.74) is 1.87. The first-order valence-corrected chi connectivity index (χ1v) is 6.64. The minimum atomic E-state index is -0.0754. The zero-order valence-corrected chi connectivity index (χ0v) is 12.4. The van der Waals surface area contributed by atoms with Crippen molar-refractivity contribution in [2.75, 3.05) is 38.1 Å². The average molecular weight is 300 g/mol. The fourth-order valence-corrected chi connectivity index (χ4v) is 2.42. The maximum atomic E-state index is 11.0. The number of aliphatic hydroxyl groups is 1. The number of nitrogens with zero attached hydrogens (tertiary/aromatic N) is 1. The van der Waals surface area contributed by atoms with Gasteiger partial charge in [-0.1, -0.05) is 12.1 Å². The average Bonchev–Trinajstić information content (AvgIpc) is 2.42. The van der Waals surface area contributed by atoms with Gasteiger partial charge in [0, 0.05) is 38.8 Å². The molecule has 2 rings (SSSR count). The summed E-state index contributed by atoms with van der Waals surface area (Å²) in [5, 5.41) is 15.7. The van der Waals surface area contributed by atoms with Gasteiger partial charge >= 0.3 is 0 Å². The number of hydrogen-bond donors (Lipinski definition) is 3. The summed E-state index contributed by atoms with van der Waals surface area (Å²) in [7, 11) is 0. The highest BCUT2D eigenvalue weighted by Gasteiger charge is 2.21. The van der Waals surface area contributed by atoms with Gasteiger partial charge < -0.3 is 15.7 Å². The number of aliphatic hydroxyl groups excluding tert-OH is 1. The molecule has 20 heavy (non-hydrogen) atoms. The number of nitrogens with one attached hydrogen (secondary N) is 2. The summed E-state index contributed by atoms with van der Waals surface area (Å²) in [6.07, 6.45) is 0. The Morgan fingerprint density at radius 3 is 2.45 bits per heavy atom. The molecule has 0 spiro atoms. The summed E-state index contributed by atoms with van der Waals surface area (Å²) in [6, 6.07) is 7.72. The number of amides is 1. The highest BCUT2D eigenvalue weighted by Crippen LogP contribution is 2.22. The molecule has 1 saturated heterocycles. The number of anilines is 1. The number of rotatable bonds is 4. The van der Waals surface area contributed by atoms with Gasteiger partial charge in [0.15, 0.2) is 0 Å². The first kappa shape index (κ1) is 16.9. The van der Waals surface area contributed by atoms with Crippen LogP contribution < -0.4 is 10.6 Å². The van der Waals surface area contributed by atoms with E-state index in [9.17, 15) is 9.90 Å². The summed E-state index contributed by atoms with van der Waals surface area (Å²) < 4.78 is 0. The van der Waals surface area contributed by atoms with E-state index in [4.69, 9.17) is 0 Å². The Kier molecular flexibility index (Phi) is 6.95. The summed E-state index contributed by atoms with van der Waals surface area (Å²) in [6.45, 7) is 5.41. The Morgan fingerprint density at radius 2 is 1.95 bits per heavy atom. The van der Waals surface area contributed by atoms with Crippen LogP contribution in [0.15, 0.2) is 24.3 Å². The third-order valence-corrected chi connectivity index (χ3v) is 3.38. The maximum absolute atomic E-state index is 11.0. The largest absolute Gasteiger partial charge is 0.394 e. The van der Waals surface area contributed by atoms with E-state index < -0.39 is 0 Å². The molecule has 0 unspecified atom stereocenters. The molecule has 0 bridgehead atoms. The van der Waals surface area contributed by atoms with Crippen molar-refractivity contribution < 1.29 is 9.90 Å². The smallest absolute Gasteiger partial charge is 0.221 e. The first-order valence-electron chi connectivity index (χ1n) is 6.64. The monoisotopic (exact) mass is 299 g/mol. The van der Waals surface area contributed by atoms with Crippen molar-refractivity contribution in [3.05, 3.63) is 29.8 Å². The van der Waals surface area contributed by atoms with E-state index in [0.717, 1.165) is 37.4 Å². The molecule has 0 radical (unpaired) electrons. The quantitative estimate of drug-likeness (QED) is 0.776. The molecule has 1 aromatic rings. The Hall–Kier alpha value is -1.14. The maximum Gasteiger partial charge on any atom is 0.221 e. The zero-order valence-electron chi connectivity index (χ0n) is 11.6. The fraction of sp³-hybridized carbons (Fsp3) is 0.500. The first-order chi connectivity index (χ1) is 9.20. The Bertz CT molecular complexity index is 419. The molecule has 1 heterocycles. The summed E-state index contributed by atoms with van der Waals surface area (Å²) in [5.74, 6) is -0.0754. The van der Waals surface area contributed by atoms with Crippen LogP contribution in [0.1, 0.15) is 18.5 Å². The number of carbonyl (C=O) groups is 1. The lowest BCUT2D eigenvalue weighted by molar-refractivity contribution is -0.114. The van der Waals surface area contributed by atoms with Crippen LogP contribution in [0, 0.1) is 0 Å². The third kappa shape index (κ3) is 4.45. The van der Waals surface area contributed by atoms with Crippen molar-refractivity contribution >= 4 is 24.0 Å². The topological polar surface area (TPSA) is 64.6 Å². The van der Waals surface area contributed by atoms with Crippen LogP contribution in [0.5, 0.6) is 0 Å². The van der Waals surface area contributed by atoms with E-state index in [-0.39, 0.29) is 31.0 Å². The van der Waals surface area contributed by atoms with E-state index >= 15 is 0 Å². The molecule has 1 aromatic carbocycles. The number of halogens is 1. The molecule has 1 amide bonds. The minimum absolute atomic E-state index is 0. The van der Waals surface area contributed by atoms with E-state index in [0.29, 0.717) is 0 Å². The van der Waals surface area contributed by atoms with Gasteiger partial charge in [-0.3, -0.25) is 9.69 Å². The molecule has 112 valence electrons. The van der Waals surface area contributed by atoms with Crippen molar-refractivity contribution in [1.29, 1.82) is 0 Å². The van der Waals surface area contributed by atoms with Gasteiger partial charge in [-0.2, -0.15) is 0 Å². The van der Waals surface area contributed by atoms with Crippen molar-refractivity contribution in [1.82, 2.24) is 10.2 Å². The van der Waals surface area contributed by atoms with Gasteiger partial charge in [0.2, 0.25) is 5.91 Å². The normalized spacial score (nSPS) is 17.1. The van der Waals surface area contributed by atoms with Crippen molar-refractivity contribution in [2.24, 2.45) is 0 Å². The second-order valence-corrected chi connectivity index (χ2v) is 4.79. The zero-order chi connectivity index (χ0) is 13.7. The van der Waals surface area contributed by atoms with Crippen molar-refractivity contribution in [3.63, 3.8) is 0 Å². The van der Waals surface area contributed by atoms with E-state index in [2.05, 4.69) is 15.5 Å². The Balaban J connectivity index is 0.00000200. The van der Waals surface area contributed by atoms with Gasteiger partial charge in [-0.15, -0.1) is 12.4 Å². The second kappa shape index (κ2) is 8.21. The number of carbonyl (C=O) groups excluding carboxylic acids is 1. The standard InChI is InChI=1S/C14H21N3O2.ClH/c1-11(19)16-13-4-2-12(3-5-13)14(10-18)17-8-6-15-7-9-17;/h2-5,14-15,18H,6-10H2,1H3,(H,16,19);1H/t14-;/m0./s1. The molecule has 1 fully saturated rings. The van der Waals surface area contributed by atoms with Crippen LogP contribution in [0.4, 0.5) is 5.69 Å². The number of hydrogen-bond acceptors (Lipinski definition) is 4. The van der Waals surface area contributed by atoms with Crippen molar-refractivity contribution in [2.45, 2.75) is 13.0 Å². The van der Waals surface area contributed by atoms with Gasteiger partial charge in [-0.25, -0.2) is 0 Å². The van der Waals surface area contributed by atoms with Crippen LogP contribution in [-0.2, 0) is 4.79 Å². The molecule has 3 N–H and O–H groups in total. The lowest BCUT2D eigenvalue weighted by Gasteiger charge is -2.34. The second-order valence-electron chi connectivity index (χ2n) is 4.79. The highest BCUT2D eigenvalue weighted by molar-refractivity contribution is 5.88. The molecule has 6 heteroatoms. The molecule has 1 aliphatic rings. The molecule has 1 atom stereocenters. The fourth-order valence-electron chi connectivity index (χ4n) is 2.42. The number of piperazine rings is 1. The van der Waals surface area contributed by atoms with Gasteiger partial charge in [0.05, 0.1) is 12.6 Å². The van der Waals surface area contributed by atoms with Gasteiger partial charge in [0.25, 0.3) is 0 Å². The Labute approximate surface area is 125 Å². The number of benzene rings is 1. The molecular weight excluding hydrogens is 278 g/mol. The predicted molar refractivity (Wildman–Crippen MR) is 82.3 cm³/mol. The summed E-state index contributed by atoms with van der Waals surface area (Å²) in [4.78, 5) is 13.3. The van der Waals surface area contributed by atoms with Gasteiger partial charge in [-0.05, 0) is 17.7 Å². The van der Waals surface area contributed by atoms with Crippen LogP contribution >= 0.6 is 12.4 Å². The lowest BCUT2D eigenvalue weighted by Crippen LogP contribution is -2.46. The SMILES string of the molecule is CC(=O)Nc1ccc([C@H](CO)N2CCNCC2)cc1.Cl. The van der Waals surface area contributed by atoms with Crippen LogP contribution in [0.25, 0.3) is 0 Å². The van der Waals surface area contributed by atoms with Crippen LogP contribution in [0.2, 0.25) is 0 Å². The Morgan fingerprint density at radius 1 is 1.35 bits per heavy atom. The molecule has 5 nitrogen and oxygen atoms in total. The predicted octanol–water partition coefficient (Wildman–Crippen LogP) is 1.01. The van der Waals surface area contributed by atoms with E-state index in [1.165, 1.54) is 6.92 Å². The molecular formula is C14H22ClN3O2. The van der Waals surface area contributed by atoms with Crippen LogP contribution in [-0.4, -0.2) is 48.7 Å². The third-order valence-electron chi connectivity index (χ3n) is 3.38. The van der Waals surface area contributed by atoms with E-state index in [1.807, 2.05) is 24.3 Å². The highest BCUT2D eigenvalue weighted by atomic mass is 35.5. The molecule has 1 aliphatic heterocycles. The minimum Gasteiger partial charge on any atom is -0.394 e. The summed E-state index contributed by atoms with van der Waals surface area (Å²) >= 11 is 0. The van der Waals surface area contributed by atoms with Crippen LogP contribution in [0.3, 0.4) is 0 Å². The molecule has 0 aliphatic carbocycles. The van der Waals surface area contributed by atoms with E-state index in [1.54, 1.807) is 0 Å².